The molecule has 150 valence electrons. The molecule has 1 aliphatic carbocycles. The van der Waals surface area contributed by atoms with Crippen molar-refractivity contribution in [3.63, 3.8) is 0 Å². The number of pyridine rings is 1. The number of aliphatic hydroxyl groups is 1. The number of aryl methyl sites for hydroxylation is 3. The molecule has 2 aromatic rings. The van der Waals surface area contributed by atoms with Gasteiger partial charge >= 0.3 is 0 Å². The predicted octanol–water partition coefficient (Wildman–Crippen LogP) is 3.10. The number of nitrogens with zero attached hydrogens (tertiary/aromatic N) is 4. The molecule has 0 spiro atoms. The van der Waals surface area contributed by atoms with E-state index in [9.17, 15) is 5.11 Å². The van der Waals surface area contributed by atoms with E-state index < -0.39 is 6.10 Å². The van der Waals surface area contributed by atoms with Crippen LogP contribution in [0.5, 0.6) is 5.75 Å². The third-order valence-electron chi connectivity index (χ3n) is 6.05. The quantitative estimate of drug-likeness (QED) is 0.857. The highest BCUT2D eigenvalue weighted by molar-refractivity contribution is 5.33. The van der Waals surface area contributed by atoms with Crippen LogP contribution in [-0.4, -0.2) is 45.4 Å². The zero-order valence-electron chi connectivity index (χ0n) is 17.0. The molecule has 6 nitrogen and oxygen atoms in total. The van der Waals surface area contributed by atoms with E-state index in [4.69, 9.17) is 4.74 Å². The fourth-order valence-electron chi connectivity index (χ4n) is 4.57. The summed E-state index contributed by atoms with van der Waals surface area (Å²) in [5.41, 5.74) is 3.04. The lowest BCUT2D eigenvalue weighted by atomic mass is 9.78. The van der Waals surface area contributed by atoms with Gasteiger partial charge in [-0.25, -0.2) is 9.97 Å². The lowest BCUT2D eigenvalue weighted by Crippen LogP contribution is -2.42. The minimum atomic E-state index is -0.449. The molecule has 0 bridgehead atoms. The molecule has 2 aromatic heterocycles. The minimum Gasteiger partial charge on any atom is -0.486 e. The molecule has 2 fully saturated rings. The van der Waals surface area contributed by atoms with E-state index >= 15 is 0 Å². The summed E-state index contributed by atoms with van der Waals surface area (Å²) >= 11 is 0. The average Bonchev–Trinajstić information content (AvgIpc) is 3.07. The highest BCUT2D eigenvalue weighted by atomic mass is 16.5. The molecule has 0 aromatic carbocycles. The zero-order chi connectivity index (χ0) is 19.7. The van der Waals surface area contributed by atoms with E-state index in [-0.39, 0.29) is 6.10 Å². The van der Waals surface area contributed by atoms with Crippen LogP contribution in [0.15, 0.2) is 24.5 Å². The number of ether oxygens (including phenoxy) is 1. The average molecular weight is 383 g/mol. The Balaban J connectivity index is 1.41. The first-order valence-electron chi connectivity index (χ1n) is 10.4. The summed E-state index contributed by atoms with van der Waals surface area (Å²) < 4.78 is 6.18. The van der Waals surface area contributed by atoms with Crippen molar-refractivity contribution >= 4 is 5.95 Å². The van der Waals surface area contributed by atoms with Crippen LogP contribution in [0, 0.1) is 25.7 Å². The first-order valence-corrected chi connectivity index (χ1v) is 10.4. The van der Waals surface area contributed by atoms with Gasteiger partial charge in [0.2, 0.25) is 5.95 Å². The van der Waals surface area contributed by atoms with E-state index in [1.54, 1.807) is 0 Å². The van der Waals surface area contributed by atoms with Gasteiger partial charge in [0.1, 0.15) is 11.9 Å². The second kappa shape index (κ2) is 8.03. The van der Waals surface area contributed by atoms with E-state index in [1.807, 2.05) is 38.4 Å². The third-order valence-corrected chi connectivity index (χ3v) is 6.05. The fraction of sp³-hybridized carbons (Fsp3) is 0.591. The standard InChI is InChI=1S/C22H30N4O2/c1-4-5-16-10-23-22(24-11-16)26-12-17-8-19(27)21(9-18(17)13-26)28-20-7-6-14(2)25-15(20)3/h6-7,10-11,17-19,21,27H,4-5,8-9,12-13H2,1-3H3/t17-,18+,19+,21+/m0/s1. The van der Waals surface area contributed by atoms with Gasteiger partial charge in [-0.3, -0.25) is 4.98 Å². The number of hydrogen-bond acceptors (Lipinski definition) is 6. The summed E-state index contributed by atoms with van der Waals surface area (Å²) in [5, 5.41) is 10.7. The molecule has 0 unspecified atom stereocenters. The van der Waals surface area contributed by atoms with Crippen LogP contribution in [0.3, 0.4) is 0 Å². The van der Waals surface area contributed by atoms with Crippen molar-refractivity contribution in [1.82, 2.24) is 15.0 Å². The molecule has 0 amide bonds. The lowest BCUT2D eigenvalue weighted by Gasteiger charge is -2.35. The number of rotatable bonds is 5. The lowest BCUT2D eigenvalue weighted by molar-refractivity contribution is -0.0236. The Hall–Kier alpha value is -2.21. The van der Waals surface area contributed by atoms with Gasteiger partial charge < -0.3 is 14.7 Å². The monoisotopic (exact) mass is 382 g/mol. The number of aliphatic hydroxyl groups excluding tert-OH is 1. The van der Waals surface area contributed by atoms with Crippen LogP contribution in [0.4, 0.5) is 5.95 Å². The summed E-state index contributed by atoms with van der Waals surface area (Å²) in [7, 11) is 0. The molecule has 1 saturated carbocycles. The summed E-state index contributed by atoms with van der Waals surface area (Å²) in [6, 6.07) is 3.92. The molecule has 28 heavy (non-hydrogen) atoms. The van der Waals surface area contributed by atoms with Crippen molar-refractivity contribution in [2.45, 2.75) is 58.7 Å². The fourth-order valence-corrected chi connectivity index (χ4v) is 4.57. The highest BCUT2D eigenvalue weighted by Crippen LogP contribution is 2.39. The summed E-state index contributed by atoms with van der Waals surface area (Å²) in [6.07, 6.45) is 6.99. The van der Waals surface area contributed by atoms with E-state index in [2.05, 4.69) is 26.8 Å². The van der Waals surface area contributed by atoms with Crippen LogP contribution < -0.4 is 9.64 Å². The van der Waals surface area contributed by atoms with Gasteiger partial charge in [-0.1, -0.05) is 13.3 Å². The summed E-state index contributed by atoms with van der Waals surface area (Å²) in [6.45, 7) is 7.93. The van der Waals surface area contributed by atoms with Crippen molar-refractivity contribution in [3.8, 4) is 5.75 Å². The Morgan fingerprint density at radius 3 is 2.50 bits per heavy atom. The normalized spacial score (nSPS) is 26.9. The summed E-state index contributed by atoms with van der Waals surface area (Å²) in [4.78, 5) is 15.9. The topological polar surface area (TPSA) is 71.4 Å². The van der Waals surface area contributed by atoms with Gasteiger partial charge in [0.25, 0.3) is 0 Å². The second-order valence-electron chi connectivity index (χ2n) is 8.30. The van der Waals surface area contributed by atoms with E-state index in [0.29, 0.717) is 11.8 Å². The third kappa shape index (κ3) is 3.97. The SMILES string of the molecule is CCCc1cnc(N2C[C@H]3C[C@@H](Oc4ccc(C)nc4C)[C@H](O)C[C@H]3C2)nc1. The van der Waals surface area contributed by atoms with Crippen molar-refractivity contribution in [3.05, 3.63) is 41.5 Å². The van der Waals surface area contributed by atoms with Crippen LogP contribution in [0.2, 0.25) is 0 Å². The Kier molecular flexibility index (Phi) is 5.49. The molecular weight excluding hydrogens is 352 g/mol. The van der Waals surface area contributed by atoms with Crippen molar-refractivity contribution < 1.29 is 9.84 Å². The van der Waals surface area contributed by atoms with Crippen molar-refractivity contribution in [2.24, 2.45) is 11.8 Å². The maximum Gasteiger partial charge on any atom is 0.225 e. The largest absolute Gasteiger partial charge is 0.486 e. The second-order valence-corrected chi connectivity index (χ2v) is 8.30. The highest BCUT2D eigenvalue weighted by Gasteiger charge is 2.43. The molecule has 1 N–H and O–H groups in total. The molecule has 4 rings (SSSR count). The van der Waals surface area contributed by atoms with Gasteiger partial charge in [-0.2, -0.15) is 0 Å². The number of anilines is 1. The molecular formula is C22H30N4O2. The minimum absolute atomic E-state index is 0.183. The molecule has 1 aliphatic heterocycles. The first-order chi connectivity index (χ1) is 13.5. The van der Waals surface area contributed by atoms with Crippen molar-refractivity contribution in [2.75, 3.05) is 18.0 Å². The zero-order valence-corrected chi connectivity index (χ0v) is 17.0. The Morgan fingerprint density at radius 1 is 1.11 bits per heavy atom. The van der Waals surface area contributed by atoms with E-state index in [1.165, 1.54) is 5.56 Å². The Labute approximate surface area is 167 Å². The van der Waals surface area contributed by atoms with Gasteiger partial charge in [-0.05, 0) is 62.6 Å². The molecule has 4 atom stereocenters. The number of hydrogen-bond donors (Lipinski definition) is 1. The van der Waals surface area contributed by atoms with Crippen LogP contribution in [0.25, 0.3) is 0 Å². The Morgan fingerprint density at radius 2 is 1.82 bits per heavy atom. The van der Waals surface area contributed by atoms with Gasteiger partial charge in [0.05, 0.1) is 11.8 Å². The predicted molar refractivity (Wildman–Crippen MR) is 109 cm³/mol. The van der Waals surface area contributed by atoms with Crippen LogP contribution >= 0.6 is 0 Å². The van der Waals surface area contributed by atoms with Crippen LogP contribution in [-0.2, 0) is 6.42 Å². The molecule has 1 saturated heterocycles. The first kappa shape index (κ1) is 19.1. The van der Waals surface area contributed by atoms with Crippen molar-refractivity contribution in [1.29, 1.82) is 0 Å². The van der Waals surface area contributed by atoms with E-state index in [0.717, 1.165) is 61.9 Å². The molecule has 0 radical (unpaired) electrons. The van der Waals surface area contributed by atoms with Crippen LogP contribution in [0.1, 0.15) is 43.1 Å². The van der Waals surface area contributed by atoms with Gasteiger partial charge in [0.15, 0.2) is 0 Å². The Bertz CT molecular complexity index is 811. The van der Waals surface area contributed by atoms with Gasteiger partial charge in [-0.15, -0.1) is 0 Å². The number of aromatic nitrogens is 3. The van der Waals surface area contributed by atoms with Gasteiger partial charge in [0, 0.05) is 31.2 Å². The molecule has 3 heterocycles. The number of fused-ring (bicyclic) bond motifs is 1. The maximum absolute atomic E-state index is 10.7. The molecule has 6 heteroatoms. The summed E-state index contributed by atoms with van der Waals surface area (Å²) in [5.74, 6) is 2.54. The smallest absolute Gasteiger partial charge is 0.225 e. The maximum atomic E-state index is 10.7. The molecule has 2 aliphatic rings.